The molecular weight excluding hydrogens is 888 g/mol. The molecule has 8 rings (SSSR count). The molecule has 0 saturated carbocycles. The summed E-state index contributed by atoms with van der Waals surface area (Å²) in [5, 5.41) is 14.2. The molecule has 22 heteroatoms. The van der Waals surface area contributed by atoms with Gasteiger partial charge in [0, 0.05) is 40.0 Å². The lowest BCUT2D eigenvalue weighted by Crippen LogP contribution is -2.12. The van der Waals surface area contributed by atoms with Gasteiger partial charge >= 0.3 is 12.4 Å². The number of sulfone groups is 1. The van der Waals surface area contributed by atoms with Crippen molar-refractivity contribution in [1.82, 2.24) is 29.5 Å². The smallest absolute Gasteiger partial charge is 0.435 e. The molecule has 0 aliphatic heterocycles. The van der Waals surface area contributed by atoms with E-state index in [0.717, 1.165) is 62.3 Å². The number of benzene rings is 4. The van der Waals surface area contributed by atoms with E-state index in [2.05, 4.69) is 20.2 Å². The Morgan fingerprint density at radius 1 is 0.677 bits per heavy atom. The van der Waals surface area contributed by atoms with Crippen LogP contribution in [0.1, 0.15) is 17.0 Å². The van der Waals surface area contributed by atoms with Gasteiger partial charge in [0.25, 0.3) is 0 Å². The zero-order chi connectivity index (χ0) is 44.8. The third-order valence-electron chi connectivity index (χ3n) is 9.11. The van der Waals surface area contributed by atoms with Crippen molar-refractivity contribution in [1.29, 1.82) is 0 Å². The van der Waals surface area contributed by atoms with E-state index in [4.69, 9.17) is 9.56 Å². The molecule has 0 atom stereocenters. The van der Waals surface area contributed by atoms with Crippen molar-refractivity contribution in [2.24, 2.45) is 5.14 Å². The van der Waals surface area contributed by atoms with Crippen molar-refractivity contribution in [2.45, 2.75) is 29.1 Å². The van der Waals surface area contributed by atoms with Crippen LogP contribution in [0.25, 0.3) is 56.4 Å². The Kier molecular flexibility index (Phi) is 11.5. The Labute approximate surface area is 351 Å². The van der Waals surface area contributed by atoms with Crippen LogP contribution < -0.4 is 5.14 Å². The van der Waals surface area contributed by atoms with Gasteiger partial charge in [-0.25, -0.2) is 45.7 Å². The van der Waals surface area contributed by atoms with Gasteiger partial charge in [-0.15, -0.1) is 11.3 Å². The minimum atomic E-state index is -4.72. The van der Waals surface area contributed by atoms with Crippen LogP contribution in [0.3, 0.4) is 0 Å². The molecule has 0 unspecified atom stereocenters. The number of aromatic nitrogens is 6. The number of hydrogen-bond donors (Lipinski definition) is 1. The zero-order valence-electron chi connectivity index (χ0n) is 31.7. The highest BCUT2D eigenvalue weighted by Gasteiger charge is 2.36. The Hall–Kier alpha value is -6.49. The van der Waals surface area contributed by atoms with E-state index in [1.165, 1.54) is 54.3 Å². The van der Waals surface area contributed by atoms with Gasteiger partial charge < -0.3 is 4.42 Å². The van der Waals surface area contributed by atoms with Crippen molar-refractivity contribution >= 4 is 31.2 Å². The number of nitrogens with zero attached hydrogens (tertiary/aromatic N) is 6. The number of hydrogen-bond acceptors (Lipinski definition) is 10. The summed E-state index contributed by atoms with van der Waals surface area (Å²) in [5.74, 6) is -1.07. The molecule has 62 heavy (non-hydrogen) atoms. The lowest BCUT2D eigenvalue weighted by Gasteiger charge is -2.11. The average molecular weight is 916 g/mol. The molecule has 0 aliphatic carbocycles. The van der Waals surface area contributed by atoms with Gasteiger partial charge in [-0.2, -0.15) is 36.5 Å². The van der Waals surface area contributed by atoms with Crippen LogP contribution in [-0.2, 0) is 32.2 Å². The first-order valence-electron chi connectivity index (χ1n) is 17.5. The summed E-state index contributed by atoms with van der Waals surface area (Å²) in [7, 11) is -7.77. The minimum Gasteiger partial charge on any atom is -0.451 e. The van der Waals surface area contributed by atoms with E-state index in [-0.39, 0.29) is 27.7 Å². The fraction of sp³-hybridized carbons (Fsp3) is 0.100. The van der Waals surface area contributed by atoms with E-state index >= 15 is 0 Å². The fourth-order valence-electron chi connectivity index (χ4n) is 6.17. The molecule has 4 aromatic carbocycles. The van der Waals surface area contributed by atoms with Crippen molar-refractivity contribution in [2.75, 3.05) is 6.26 Å². The summed E-state index contributed by atoms with van der Waals surface area (Å²) in [5.41, 5.74) is 4.51. The predicted octanol–water partition coefficient (Wildman–Crippen LogP) is 9.39. The number of alkyl halides is 6. The standard InChI is InChI=1S/C21H15F4N3O2S2.C19H13F3N4O3S/c1-12-7-13(3-5-15(12)17-10-31-11-26-17)18-9-20(21(23,24)25)27-28(18)14-4-6-19(16(22)8-14)32(2,29)30;20-19(21,22)18-9-17(13-3-1-12(2-4-13)16-10-29-11-24-16)26(25-18)14-5-7-15(8-6-14)30(23,27)28/h3-11H,1-2H3;1-11H,(H2,23,27,28). The Morgan fingerprint density at radius 3 is 1.74 bits per heavy atom. The van der Waals surface area contributed by atoms with Gasteiger partial charge in [0.05, 0.1) is 38.9 Å². The molecule has 2 N–H and O–H groups in total. The highest BCUT2D eigenvalue weighted by atomic mass is 32.2. The first-order valence-corrected chi connectivity index (χ1v) is 21.9. The number of primary sulfonamides is 1. The topological polar surface area (TPSA) is 169 Å². The second kappa shape index (κ2) is 16.4. The average Bonchev–Trinajstić information content (AvgIpc) is 4.04. The number of sulfonamides is 1. The van der Waals surface area contributed by atoms with Gasteiger partial charge in [0.1, 0.15) is 22.7 Å². The van der Waals surface area contributed by atoms with Gasteiger partial charge in [0.2, 0.25) is 10.0 Å². The summed E-state index contributed by atoms with van der Waals surface area (Å²) in [6, 6.07) is 21.7. The van der Waals surface area contributed by atoms with Crippen molar-refractivity contribution in [3.8, 4) is 56.4 Å². The first-order chi connectivity index (χ1) is 29.1. The molecule has 4 heterocycles. The lowest BCUT2D eigenvalue weighted by atomic mass is 10.0. The Balaban J connectivity index is 0.000000187. The maximum Gasteiger partial charge on any atom is 0.435 e. The second-order valence-corrected chi connectivity index (χ2v) is 17.7. The summed E-state index contributed by atoms with van der Waals surface area (Å²) in [4.78, 5) is 7.57. The normalized spacial score (nSPS) is 12.3. The molecule has 0 amide bonds. The van der Waals surface area contributed by atoms with Gasteiger partial charge in [-0.05, 0) is 67.1 Å². The second-order valence-electron chi connectivity index (χ2n) is 13.4. The Bertz CT molecular complexity index is 3110. The number of halogens is 7. The van der Waals surface area contributed by atoms with Crippen LogP contribution >= 0.6 is 11.3 Å². The quantitative estimate of drug-likeness (QED) is 0.146. The van der Waals surface area contributed by atoms with E-state index < -0.39 is 54.3 Å². The van der Waals surface area contributed by atoms with Crippen LogP contribution in [-0.4, -0.2) is 52.6 Å². The van der Waals surface area contributed by atoms with Crippen molar-refractivity contribution < 1.29 is 52.0 Å². The molecule has 320 valence electrons. The van der Waals surface area contributed by atoms with Gasteiger partial charge in [-0.3, -0.25) is 0 Å². The van der Waals surface area contributed by atoms with Crippen LogP contribution in [0, 0.1) is 12.7 Å². The van der Waals surface area contributed by atoms with Crippen LogP contribution in [0.15, 0.2) is 135 Å². The number of nitrogens with two attached hydrogens (primary N) is 1. The first kappa shape index (κ1) is 43.6. The maximum atomic E-state index is 14.4. The van der Waals surface area contributed by atoms with Crippen LogP contribution in [0.5, 0.6) is 0 Å². The third kappa shape index (κ3) is 9.37. The molecule has 0 spiro atoms. The molecule has 0 radical (unpaired) electrons. The fourth-order valence-corrected chi connectivity index (χ4v) is 7.96. The number of oxazole rings is 1. The zero-order valence-corrected chi connectivity index (χ0v) is 34.2. The Morgan fingerprint density at radius 2 is 1.24 bits per heavy atom. The van der Waals surface area contributed by atoms with Crippen LogP contribution in [0.2, 0.25) is 0 Å². The summed E-state index contributed by atoms with van der Waals surface area (Å²) in [6.07, 6.45) is -5.80. The molecule has 0 bridgehead atoms. The largest absolute Gasteiger partial charge is 0.451 e. The van der Waals surface area contributed by atoms with Gasteiger partial charge in [-0.1, -0.05) is 36.4 Å². The summed E-state index contributed by atoms with van der Waals surface area (Å²) >= 11 is 1.43. The minimum absolute atomic E-state index is 0.0402. The van der Waals surface area contributed by atoms with E-state index in [1.807, 2.05) is 12.3 Å². The molecular formula is C40H28F7N7O5S3. The molecule has 0 aliphatic rings. The summed E-state index contributed by atoms with van der Waals surface area (Å²) in [6.45, 7) is 1.81. The highest BCUT2D eigenvalue weighted by molar-refractivity contribution is 7.90. The lowest BCUT2D eigenvalue weighted by molar-refractivity contribution is -0.142. The third-order valence-corrected chi connectivity index (χ3v) is 11.8. The van der Waals surface area contributed by atoms with Crippen molar-refractivity contribution in [3.63, 3.8) is 0 Å². The molecule has 12 nitrogen and oxygen atoms in total. The van der Waals surface area contributed by atoms with E-state index in [0.29, 0.717) is 16.8 Å². The van der Waals surface area contributed by atoms with Crippen molar-refractivity contribution in [3.05, 3.63) is 143 Å². The monoisotopic (exact) mass is 915 g/mol. The maximum absolute atomic E-state index is 14.4. The van der Waals surface area contributed by atoms with Gasteiger partial charge in [0.15, 0.2) is 27.6 Å². The highest BCUT2D eigenvalue weighted by Crippen LogP contribution is 2.37. The number of thiazole rings is 1. The predicted molar refractivity (Wildman–Crippen MR) is 214 cm³/mol. The van der Waals surface area contributed by atoms with E-state index in [9.17, 15) is 47.6 Å². The summed E-state index contributed by atoms with van der Waals surface area (Å²) < 4.78 is 148. The molecule has 8 aromatic rings. The van der Waals surface area contributed by atoms with E-state index in [1.54, 1.807) is 48.0 Å². The number of rotatable bonds is 8. The SMILES string of the molecule is Cc1cc(-c2cc(C(F)(F)F)nn2-c2ccc(S(C)(=O)=O)c(F)c2)ccc1-c1cscn1.NS(=O)(=O)c1ccc(-n2nc(C(F)(F)F)cc2-c2ccc(-c3cocn3)cc2)cc1. The van der Waals surface area contributed by atoms with Crippen LogP contribution in [0.4, 0.5) is 30.7 Å². The molecule has 4 aromatic heterocycles. The number of aryl methyl sites for hydroxylation is 1. The molecule has 0 saturated heterocycles. The molecule has 0 fully saturated rings.